The van der Waals surface area contributed by atoms with Crippen LogP contribution in [0.3, 0.4) is 0 Å². The van der Waals surface area contributed by atoms with Gasteiger partial charge >= 0.3 is 6.36 Å². The van der Waals surface area contributed by atoms with Gasteiger partial charge in [-0.2, -0.15) is 4.98 Å². The predicted octanol–water partition coefficient (Wildman–Crippen LogP) is 5.21. The van der Waals surface area contributed by atoms with Gasteiger partial charge in [0, 0.05) is 18.0 Å². The molecule has 0 bridgehead atoms. The molecule has 3 rings (SSSR count). The first-order valence-corrected chi connectivity index (χ1v) is 8.61. The van der Waals surface area contributed by atoms with Gasteiger partial charge in [-0.25, -0.2) is 4.98 Å². The van der Waals surface area contributed by atoms with Gasteiger partial charge in [-0.1, -0.05) is 19.1 Å². The molecule has 1 fully saturated rings. The molecule has 5 nitrogen and oxygen atoms in total. The smallest absolute Gasteiger partial charge is 0.404 e. The Kier molecular flexibility index (Phi) is 5.20. The number of para-hydroxylation sites is 2. The third kappa shape index (κ3) is 5.00. The van der Waals surface area contributed by atoms with Gasteiger partial charge in [-0.05, 0) is 38.3 Å². The van der Waals surface area contributed by atoms with Gasteiger partial charge < -0.3 is 15.4 Å². The Bertz CT molecular complexity index is 762. The summed E-state index contributed by atoms with van der Waals surface area (Å²) in [6.45, 7) is 4.07. The zero-order valence-electron chi connectivity index (χ0n) is 14.6. The second-order valence-corrected chi connectivity index (χ2v) is 6.40. The first-order valence-electron chi connectivity index (χ1n) is 8.61. The number of hydrogen-bond acceptors (Lipinski definition) is 5. The minimum Gasteiger partial charge on any atom is -0.404 e. The van der Waals surface area contributed by atoms with Crippen LogP contribution < -0.4 is 15.4 Å². The van der Waals surface area contributed by atoms with E-state index in [0.29, 0.717) is 17.7 Å². The highest BCUT2D eigenvalue weighted by molar-refractivity contribution is 5.65. The lowest BCUT2D eigenvalue weighted by molar-refractivity contribution is -0.274. The van der Waals surface area contributed by atoms with Crippen LogP contribution in [-0.2, 0) is 0 Å². The molecule has 0 radical (unpaired) electrons. The molecule has 0 unspecified atom stereocenters. The van der Waals surface area contributed by atoms with Gasteiger partial charge in [-0.3, -0.25) is 0 Å². The van der Waals surface area contributed by atoms with Crippen molar-refractivity contribution in [2.75, 3.05) is 10.6 Å². The Morgan fingerprint density at radius 1 is 1.23 bits per heavy atom. The Morgan fingerprint density at radius 3 is 2.62 bits per heavy atom. The Hall–Kier alpha value is -2.51. The molecule has 1 aliphatic rings. The molecule has 140 valence electrons. The van der Waals surface area contributed by atoms with Crippen LogP contribution in [-0.4, -0.2) is 22.4 Å². The van der Waals surface area contributed by atoms with E-state index in [4.69, 9.17) is 0 Å². The summed E-state index contributed by atoms with van der Waals surface area (Å²) in [5.41, 5.74) is 1.09. The molecule has 1 saturated carbocycles. The van der Waals surface area contributed by atoms with Gasteiger partial charge in [0.05, 0.1) is 11.4 Å². The zero-order chi connectivity index (χ0) is 18.7. The number of hydrogen-bond donors (Lipinski definition) is 2. The van der Waals surface area contributed by atoms with E-state index in [9.17, 15) is 13.2 Å². The topological polar surface area (TPSA) is 59.1 Å². The lowest BCUT2D eigenvalue weighted by Crippen LogP contribution is -2.18. The summed E-state index contributed by atoms with van der Waals surface area (Å²) in [5.74, 6) is 0.993. The summed E-state index contributed by atoms with van der Waals surface area (Å²) in [7, 11) is 0. The molecule has 1 aromatic carbocycles. The second-order valence-electron chi connectivity index (χ2n) is 6.40. The first kappa shape index (κ1) is 18.3. The van der Waals surface area contributed by atoms with Crippen molar-refractivity contribution in [3.63, 3.8) is 0 Å². The molecule has 1 aromatic heterocycles. The standard InChI is InChI=1S/C18H21F3N4O/c1-3-11(2)22-17-24-14(12-8-9-12)10-16(25-17)23-13-6-4-5-7-15(13)26-18(19,20)21/h4-7,10-12H,3,8-9H2,1-2H3,(H2,22,23,24,25)/t11-/m0/s1. The fraction of sp³-hybridized carbons (Fsp3) is 0.444. The number of benzene rings is 1. The molecule has 1 heterocycles. The van der Waals surface area contributed by atoms with E-state index in [2.05, 4.69) is 25.3 Å². The second kappa shape index (κ2) is 7.39. The average molecular weight is 366 g/mol. The summed E-state index contributed by atoms with van der Waals surface area (Å²) in [6.07, 6.45) is -1.73. The lowest BCUT2D eigenvalue weighted by atomic mass is 10.2. The number of nitrogens with one attached hydrogen (secondary N) is 2. The quantitative estimate of drug-likeness (QED) is 0.705. The molecule has 8 heteroatoms. The largest absolute Gasteiger partial charge is 0.573 e. The van der Waals surface area contributed by atoms with Crippen LogP contribution >= 0.6 is 0 Å². The molecule has 1 aliphatic carbocycles. The molecule has 2 N–H and O–H groups in total. The minimum atomic E-state index is -4.76. The molecule has 26 heavy (non-hydrogen) atoms. The fourth-order valence-corrected chi connectivity index (χ4v) is 2.43. The van der Waals surface area contributed by atoms with Crippen molar-refractivity contribution in [1.82, 2.24) is 9.97 Å². The summed E-state index contributed by atoms with van der Waals surface area (Å²) >= 11 is 0. The Morgan fingerprint density at radius 2 is 1.96 bits per heavy atom. The highest BCUT2D eigenvalue weighted by Crippen LogP contribution is 2.40. The van der Waals surface area contributed by atoms with Gasteiger partial charge in [0.15, 0.2) is 5.75 Å². The summed E-state index contributed by atoms with van der Waals surface area (Å²) in [4.78, 5) is 8.93. The fourth-order valence-electron chi connectivity index (χ4n) is 2.43. The number of halogens is 3. The van der Waals surface area contributed by atoms with Gasteiger partial charge in [0.2, 0.25) is 5.95 Å². The third-order valence-electron chi connectivity index (χ3n) is 4.10. The number of ether oxygens (including phenoxy) is 1. The van der Waals surface area contributed by atoms with Crippen LogP contribution in [0.1, 0.15) is 44.7 Å². The van der Waals surface area contributed by atoms with E-state index in [1.165, 1.54) is 18.2 Å². The lowest BCUT2D eigenvalue weighted by Gasteiger charge is -2.16. The average Bonchev–Trinajstić information content (AvgIpc) is 3.40. The van der Waals surface area contributed by atoms with E-state index in [-0.39, 0.29) is 17.5 Å². The van der Waals surface area contributed by atoms with Crippen LogP contribution in [0, 0.1) is 0 Å². The molecule has 0 amide bonds. The normalized spacial score (nSPS) is 15.4. The maximum absolute atomic E-state index is 12.6. The summed E-state index contributed by atoms with van der Waals surface area (Å²) in [5, 5.41) is 6.15. The monoisotopic (exact) mass is 366 g/mol. The molecular weight excluding hydrogens is 345 g/mol. The van der Waals surface area contributed by atoms with Crippen LogP contribution in [0.15, 0.2) is 30.3 Å². The third-order valence-corrected chi connectivity index (χ3v) is 4.10. The maximum atomic E-state index is 12.6. The van der Waals surface area contributed by atoms with Crippen molar-refractivity contribution in [3.8, 4) is 5.75 Å². The van der Waals surface area contributed by atoms with Crippen LogP contribution in [0.2, 0.25) is 0 Å². The van der Waals surface area contributed by atoms with Crippen molar-refractivity contribution < 1.29 is 17.9 Å². The minimum absolute atomic E-state index is 0.193. The van der Waals surface area contributed by atoms with Gasteiger partial charge in [0.25, 0.3) is 0 Å². The van der Waals surface area contributed by atoms with Gasteiger partial charge in [-0.15, -0.1) is 13.2 Å². The molecule has 0 spiro atoms. The molecular formula is C18H21F3N4O. The van der Waals surface area contributed by atoms with E-state index < -0.39 is 6.36 Å². The van der Waals surface area contributed by atoms with Crippen LogP contribution in [0.25, 0.3) is 0 Å². The van der Waals surface area contributed by atoms with Crippen LogP contribution in [0.4, 0.5) is 30.6 Å². The zero-order valence-corrected chi connectivity index (χ0v) is 14.6. The van der Waals surface area contributed by atoms with E-state index >= 15 is 0 Å². The van der Waals surface area contributed by atoms with Crippen molar-refractivity contribution >= 4 is 17.5 Å². The number of nitrogens with zero attached hydrogens (tertiary/aromatic N) is 2. The predicted molar refractivity (Wildman–Crippen MR) is 93.8 cm³/mol. The molecule has 0 aliphatic heterocycles. The van der Waals surface area contributed by atoms with Crippen molar-refractivity contribution in [1.29, 1.82) is 0 Å². The highest BCUT2D eigenvalue weighted by atomic mass is 19.4. The number of anilines is 3. The van der Waals surface area contributed by atoms with Crippen molar-refractivity contribution in [2.45, 2.75) is 51.4 Å². The number of aromatic nitrogens is 2. The van der Waals surface area contributed by atoms with Gasteiger partial charge in [0.1, 0.15) is 5.82 Å². The Balaban J connectivity index is 1.87. The van der Waals surface area contributed by atoms with E-state index in [1.807, 2.05) is 13.8 Å². The number of alkyl halides is 3. The molecule has 0 saturated heterocycles. The molecule has 2 aromatic rings. The first-order chi connectivity index (χ1) is 12.3. The Labute approximate surface area is 150 Å². The molecule has 1 atom stereocenters. The van der Waals surface area contributed by atoms with Crippen molar-refractivity contribution in [3.05, 3.63) is 36.0 Å². The van der Waals surface area contributed by atoms with E-state index in [1.54, 1.807) is 12.1 Å². The summed E-state index contributed by atoms with van der Waals surface area (Å²) < 4.78 is 41.9. The SMILES string of the molecule is CC[C@H](C)Nc1nc(Nc2ccccc2OC(F)(F)F)cc(C2CC2)n1. The summed E-state index contributed by atoms with van der Waals surface area (Å²) in [6, 6.07) is 7.87. The maximum Gasteiger partial charge on any atom is 0.573 e. The van der Waals surface area contributed by atoms with E-state index in [0.717, 1.165) is 25.0 Å². The number of rotatable bonds is 7. The van der Waals surface area contributed by atoms with Crippen LogP contribution in [0.5, 0.6) is 5.75 Å². The highest BCUT2D eigenvalue weighted by Gasteiger charge is 2.32. The van der Waals surface area contributed by atoms with Crippen molar-refractivity contribution in [2.24, 2.45) is 0 Å².